The number of hydrogen-bond acceptors (Lipinski definition) is 4. The molecule has 10 rings (SSSR count). The highest BCUT2D eigenvalue weighted by atomic mass is 35.5. The van der Waals surface area contributed by atoms with Gasteiger partial charge in [-0.3, -0.25) is 0 Å². The van der Waals surface area contributed by atoms with E-state index in [4.69, 9.17) is 21.1 Å². The predicted octanol–water partition coefficient (Wildman–Crippen LogP) is 35.2. The van der Waals surface area contributed by atoms with E-state index in [1.54, 1.807) is 52.8 Å². The van der Waals surface area contributed by atoms with Crippen LogP contribution >= 0.6 is 11.6 Å². The fraction of sp³-hybridized carbons (Fsp3) is 0.496. The van der Waals surface area contributed by atoms with Gasteiger partial charge in [0.25, 0.3) is 0 Å². The molecule has 129 heavy (non-hydrogen) atoms. The highest BCUT2D eigenvalue weighted by Gasteiger charge is 2.28. The van der Waals surface area contributed by atoms with Gasteiger partial charge in [-0.2, -0.15) is 0 Å². The Morgan fingerprint density at radius 2 is 0.690 bits per heavy atom. The zero-order valence-corrected chi connectivity index (χ0v) is 89.3. The maximum atomic E-state index is 13.4. The molecule has 0 saturated heterocycles. The number of rotatable bonds is 6. The van der Waals surface area contributed by atoms with Crippen LogP contribution in [0.2, 0.25) is 5.02 Å². The molecular formula is C119H172ClF5O4. The summed E-state index contributed by atoms with van der Waals surface area (Å²) in [4.78, 5) is 0. The molecule has 0 aliphatic heterocycles. The molecule has 0 amide bonds. The molecular weight excluding hydrogens is 1620 g/mol. The van der Waals surface area contributed by atoms with Crippen LogP contribution < -0.4 is 9.47 Å². The first-order valence-electron chi connectivity index (χ1n) is 45.9. The van der Waals surface area contributed by atoms with E-state index in [0.29, 0.717) is 16.7 Å². The van der Waals surface area contributed by atoms with Gasteiger partial charge in [-0.25, -0.2) is 22.0 Å². The van der Waals surface area contributed by atoms with E-state index < -0.39 is 28.7 Å². The second-order valence-electron chi connectivity index (χ2n) is 46.4. The van der Waals surface area contributed by atoms with Crippen LogP contribution in [-0.4, -0.2) is 22.9 Å². The van der Waals surface area contributed by atoms with Gasteiger partial charge in [0, 0.05) is 10.6 Å². The summed E-state index contributed by atoms with van der Waals surface area (Å²) < 4.78 is 78.0. The Morgan fingerprint density at radius 3 is 1.08 bits per heavy atom. The van der Waals surface area contributed by atoms with Crippen LogP contribution in [0.3, 0.4) is 0 Å². The Morgan fingerprint density at radius 1 is 0.295 bits per heavy atom. The van der Waals surface area contributed by atoms with Crippen molar-refractivity contribution >= 4 is 11.6 Å². The highest BCUT2D eigenvalue weighted by Crippen LogP contribution is 2.36. The lowest BCUT2D eigenvalue weighted by Gasteiger charge is -2.28. The van der Waals surface area contributed by atoms with Crippen molar-refractivity contribution in [1.29, 1.82) is 0 Å². The largest absolute Gasteiger partial charge is 0.493 e. The Balaban J connectivity index is 0.000000717. The first-order valence-corrected chi connectivity index (χ1v) is 46.2. The van der Waals surface area contributed by atoms with Crippen molar-refractivity contribution in [3.63, 3.8) is 0 Å². The standard InChI is InChI=1S/C14H22.2C13H20O.2C12H18O.C12H18.C11H15Cl.2C11H14F2.C10H13F/c1-13(2,3)11-7-9-12(10-8-11)14(4,5)6;1-10-6-7-12(11(2)8-10)14-9-13(3,4)5;1-10-7-6-8-12(9-10)14-11(2)13(3,4)5;1-9-5-6-11(12(2,3)4)10(7-9)8-13;1-9-5-6-10(8-13)11(7-9)12(2,3)4;1-9-7-6-8-10(2)11(9)12(3,4)5;1-8-6-5-7-9(10(8)12)11(2,3)4;1-7-5-8(12)10(9(13)6-7)11(2,3)4;1-7-5-6-8(11(2,3)4)10(13)9(7)12;1-10(2,3)8-6-4-5-7-9(8)11/h7-10H,1-6H3;6-8H,9H2,1-5H3;6-9,11H,1-5H3;2*5-7,13H,8H2,1-4H3;6-8H,1-5H3;5-7H,1-4H3;2*5-6H,1-4H3;4-7H,1-3H3. The van der Waals surface area contributed by atoms with E-state index in [0.717, 1.165) is 45.4 Å². The van der Waals surface area contributed by atoms with Gasteiger partial charge in [0.15, 0.2) is 11.6 Å². The van der Waals surface area contributed by atoms with Crippen molar-refractivity contribution in [2.24, 2.45) is 10.8 Å². The van der Waals surface area contributed by atoms with Crippen molar-refractivity contribution in [1.82, 2.24) is 0 Å². The average Bonchev–Trinajstić information content (AvgIpc) is 0.825. The van der Waals surface area contributed by atoms with Gasteiger partial charge in [0.1, 0.15) is 35.1 Å². The van der Waals surface area contributed by atoms with Crippen LogP contribution in [0.1, 0.15) is 352 Å². The lowest BCUT2D eigenvalue weighted by Crippen LogP contribution is -2.28. The maximum Gasteiger partial charge on any atom is 0.162 e. The first-order chi connectivity index (χ1) is 58.4. The van der Waals surface area contributed by atoms with Gasteiger partial charge < -0.3 is 19.7 Å². The van der Waals surface area contributed by atoms with Gasteiger partial charge >= 0.3 is 0 Å². The Labute approximate surface area is 788 Å². The van der Waals surface area contributed by atoms with Crippen molar-refractivity contribution in [2.45, 2.75) is 373 Å². The zero-order valence-electron chi connectivity index (χ0n) is 88.6. The minimum atomic E-state index is -0.729. The van der Waals surface area contributed by atoms with E-state index in [2.05, 4.69) is 324 Å². The summed E-state index contributed by atoms with van der Waals surface area (Å²) >= 11 is 6.18. The molecule has 0 spiro atoms. The number of benzene rings is 10. The number of halogens is 6. The quantitative estimate of drug-likeness (QED) is 0.163. The van der Waals surface area contributed by atoms with Crippen LogP contribution in [0.4, 0.5) is 22.0 Å². The van der Waals surface area contributed by atoms with Crippen LogP contribution in [0, 0.1) is 109 Å². The molecule has 0 bridgehead atoms. The number of aryl methyl sites for hydroxylation is 10. The second-order valence-corrected chi connectivity index (χ2v) is 46.7. The van der Waals surface area contributed by atoms with E-state index >= 15 is 0 Å². The molecule has 1 unspecified atom stereocenters. The minimum Gasteiger partial charge on any atom is -0.493 e. The van der Waals surface area contributed by atoms with E-state index in [1.165, 1.54) is 90.5 Å². The predicted molar refractivity (Wildman–Crippen MR) is 551 cm³/mol. The molecule has 4 nitrogen and oxygen atoms in total. The Kier molecular flexibility index (Phi) is 45.9. The fourth-order valence-corrected chi connectivity index (χ4v) is 14.3. The molecule has 0 aromatic heterocycles. The molecule has 2 N–H and O–H groups in total. The molecule has 0 aliphatic rings. The SMILES string of the molecule is CC(C)(C)c1ccc(C(C)(C)C)cc1.CC(C)(C)c1ccccc1F.Cc1cc(F)c(C(C)(C)C)c(F)c1.Cc1ccc(C(C)(C)C)c(CO)c1.Cc1ccc(C(C)(C)C)c(F)c1F.Cc1ccc(CO)c(C(C)(C)C)c1.Cc1ccc(OCC(C)(C)C)c(C)c1.Cc1cccc(C(C)(C)C)c1Cl.Cc1cccc(C)c1C(C)(C)C.Cc1cccc(OC(C)C(C)(C)C)c1. The van der Waals surface area contributed by atoms with Gasteiger partial charge in [0.05, 0.1) is 19.8 Å². The van der Waals surface area contributed by atoms with Crippen molar-refractivity contribution < 1.29 is 41.6 Å². The zero-order chi connectivity index (χ0) is 100. The molecule has 0 aliphatic carbocycles. The second kappa shape index (κ2) is 49.9. The summed E-state index contributed by atoms with van der Waals surface area (Å²) in [5.74, 6) is -0.493. The van der Waals surface area contributed by atoms with E-state index in [9.17, 15) is 32.2 Å². The molecule has 714 valence electrons. The third-order valence-corrected chi connectivity index (χ3v) is 22.0. The van der Waals surface area contributed by atoms with Gasteiger partial charge in [0.2, 0.25) is 0 Å². The minimum absolute atomic E-state index is 0.0919. The number of hydrogen-bond donors (Lipinski definition) is 2. The number of aliphatic hydroxyl groups is 2. The van der Waals surface area contributed by atoms with Crippen LogP contribution in [0.25, 0.3) is 0 Å². The Bertz CT molecular complexity index is 4990. The smallest absolute Gasteiger partial charge is 0.162 e. The molecule has 1 atom stereocenters. The van der Waals surface area contributed by atoms with Gasteiger partial charge in [-0.15, -0.1) is 0 Å². The normalized spacial score (nSPS) is 12.1. The van der Waals surface area contributed by atoms with Crippen LogP contribution in [-0.2, 0) is 61.9 Å². The summed E-state index contributed by atoms with van der Waals surface area (Å²) in [5, 5.41) is 19.3. The Hall–Kier alpha value is -8.34. The lowest BCUT2D eigenvalue weighted by molar-refractivity contribution is 0.103. The van der Waals surface area contributed by atoms with Crippen molar-refractivity contribution in [2.75, 3.05) is 6.61 Å². The van der Waals surface area contributed by atoms with Crippen molar-refractivity contribution in [3.8, 4) is 11.5 Å². The molecule has 0 heterocycles. The summed E-state index contributed by atoms with van der Waals surface area (Å²) in [7, 11) is 0. The van der Waals surface area contributed by atoms with Gasteiger partial charge in [-0.05, 0) is 267 Å². The van der Waals surface area contributed by atoms with Crippen molar-refractivity contribution in [3.05, 3.63) is 339 Å². The molecule has 10 heteroatoms. The summed E-state index contributed by atoms with van der Waals surface area (Å²) in [5.41, 5.74) is 23.2. The third-order valence-electron chi connectivity index (χ3n) is 21.5. The molecule has 0 fully saturated rings. The highest BCUT2D eigenvalue weighted by molar-refractivity contribution is 6.32. The monoisotopic (exact) mass is 1800 g/mol. The van der Waals surface area contributed by atoms with Crippen LogP contribution in [0.15, 0.2) is 188 Å². The maximum absolute atomic E-state index is 13.4. The van der Waals surface area contributed by atoms with E-state index in [1.807, 2.05) is 97.9 Å². The topological polar surface area (TPSA) is 58.9 Å². The third kappa shape index (κ3) is 42.8. The molecule has 0 saturated carbocycles. The van der Waals surface area contributed by atoms with Gasteiger partial charge in [-0.1, -0.05) is 408 Å². The summed E-state index contributed by atoms with van der Waals surface area (Å²) in [6.45, 7) is 93.1. The number of aliphatic hydroxyl groups excluding tert-OH is 2. The van der Waals surface area contributed by atoms with Crippen LogP contribution in [0.5, 0.6) is 11.5 Å². The molecule has 10 aromatic carbocycles. The molecule has 0 radical (unpaired) electrons. The van der Waals surface area contributed by atoms with E-state index in [-0.39, 0.29) is 84.8 Å². The molecule has 10 aromatic rings. The number of ether oxygens (including phenoxy) is 2. The summed E-state index contributed by atoms with van der Waals surface area (Å²) in [6, 6.07) is 61.5. The lowest BCUT2D eigenvalue weighted by atomic mass is 9.81. The fourth-order valence-electron chi connectivity index (χ4n) is 13.8. The summed E-state index contributed by atoms with van der Waals surface area (Å²) in [6.07, 6.45) is 0.226. The average molecular weight is 1800 g/mol. The first kappa shape index (κ1) is 119.